The van der Waals surface area contributed by atoms with Crippen LogP contribution in [0.25, 0.3) is 0 Å². The molecule has 4 rings (SSSR count). The summed E-state index contributed by atoms with van der Waals surface area (Å²) in [5.41, 5.74) is 0. The maximum atomic E-state index is 9.48. The van der Waals surface area contributed by atoms with Gasteiger partial charge in [-0.3, -0.25) is 0 Å². The maximum Gasteiger partial charge on any atom is 0.0672 e. The lowest BCUT2D eigenvalue weighted by Crippen LogP contribution is -2.49. The fourth-order valence-corrected chi connectivity index (χ4v) is 5.27. The molecular weight excluding hydrogens is 208 g/mol. The molecule has 4 bridgehead atoms. The van der Waals surface area contributed by atoms with Gasteiger partial charge in [0.15, 0.2) is 0 Å². The molecule has 1 atom stereocenters. The lowest BCUT2D eigenvalue weighted by Gasteiger charge is -2.55. The Hall–Kier alpha value is -0.550. The first-order valence-electron chi connectivity index (χ1n) is 7.21. The number of nitrogens with zero attached hydrogens (tertiary/aromatic N) is 2. The molecule has 0 aromatic carbocycles. The topological polar surface area (TPSA) is 27.0 Å². The second-order valence-corrected chi connectivity index (χ2v) is 7.01. The normalized spacial score (nSPS) is 44.9. The van der Waals surface area contributed by atoms with Crippen LogP contribution in [0.4, 0.5) is 0 Å². The predicted octanol–water partition coefficient (Wildman–Crippen LogP) is 2.76. The number of hydrogen-bond donors (Lipinski definition) is 0. The van der Waals surface area contributed by atoms with E-state index in [1.165, 1.54) is 32.1 Å². The van der Waals surface area contributed by atoms with Gasteiger partial charge in [0.05, 0.1) is 12.0 Å². The van der Waals surface area contributed by atoms with Gasteiger partial charge in [0.2, 0.25) is 0 Å². The van der Waals surface area contributed by atoms with Gasteiger partial charge in [0.1, 0.15) is 0 Å². The second kappa shape index (κ2) is 4.28. The maximum absolute atomic E-state index is 9.48. The first-order valence-corrected chi connectivity index (χ1v) is 7.21. The third kappa shape index (κ3) is 1.99. The SMILES string of the molecule is CN(C)CC(C#N)C1C2CC3CC(C2)CC1C3. The summed E-state index contributed by atoms with van der Waals surface area (Å²) in [6, 6.07) is 2.62. The van der Waals surface area contributed by atoms with E-state index in [1.807, 2.05) is 0 Å². The molecular formula is C15H24N2. The largest absolute Gasteiger partial charge is 0.308 e. The zero-order valence-corrected chi connectivity index (χ0v) is 11.1. The molecule has 0 aliphatic heterocycles. The van der Waals surface area contributed by atoms with Gasteiger partial charge in [-0.15, -0.1) is 0 Å². The minimum absolute atomic E-state index is 0.278. The summed E-state index contributed by atoms with van der Waals surface area (Å²) < 4.78 is 0. The van der Waals surface area contributed by atoms with Crippen molar-refractivity contribution in [3.63, 3.8) is 0 Å². The minimum atomic E-state index is 0.278. The molecule has 0 heterocycles. The zero-order chi connectivity index (χ0) is 12.0. The minimum Gasteiger partial charge on any atom is -0.308 e. The summed E-state index contributed by atoms with van der Waals surface area (Å²) in [5, 5.41) is 9.48. The van der Waals surface area contributed by atoms with Gasteiger partial charge < -0.3 is 4.90 Å². The smallest absolute Gasteiger partial charge is 0.0672 e. The molecule has 4 aliphatic rings. The van der Waals surface area contributed by atoms with Crippen LogP contribution in [0.3, 0.4) is 0 Å². The van der Waals surface area contributed by atoms with Crippen molar-refractivity contribution in [1.82, 2.24) is 4.90 Å². The van der Waals surface area contributed by atoms with Crippen LogP contribution in [0.15, 0.2) is 0 Å². The van der Waals surface area contributed by atoms with Crippen LogP contribution in [0.1, 0.15) is 32.1 Å². The van der Waals surface area contributed by atoms with Gasteiger partial charge in [-0.05, 0) is 75.8 Å². The van der Waals surface area contributed by atoms with E-state index in [-0.39, 0.29) is 5.92 Å². The third-order valence-electron chi connectivity index (χ3n) is 5.49. The molecule has 4 fully saturated rings. The first kappa shape index (κ1) is 11.5. The molecule has 0 radical (unpaired) electrons. The lowest BCUT2D eigenvalue weighted by atomic mass is 9.50. The molecule has 4 saturated carbocycles. The zero-order valence-electron chi connectivity index (χ0n) is 11.1. The summed E-state index contributed by atoms with van der Waals surface area (Å²) >= 11 is 0. The van der Waals surface area contributed by atoms with E-state index in [2.05, 4.69) is 25.1 Å². The molecule has 0 N–H and O–H groups in total. The fourth-order valence-electron chi connectivity index (χ4n) is 5.27. The Kier molecular flexibility index (Phi) is 2.91. The Bertz CT molecular complexity index is 300. The number of rotatable bonds is 3. The van der Waals surface area contributed by atoms with E-state index in [9.17, 15) is 5.26 Å². The average molecular weight is 232 g/mol. The van der Waals surface area contributed by atoms with Crippen molar-refractivity contribution in [2.75, 3.05) is 20.6 Å². The molecule has 0 aromatic heterocycles. The molecule has 94 valence electrons. The first-order chi connectivity index (χ1) is 8.17. The highest BCUT2D eigenvalue weighted by atomic mass is 15.1. The van der Waals surface area contributed by atoms with Crippen molar-refractivity contribution in [2.24, 2.45) is 35.5 Å². The highest BCUT2D eigenvalue weighted by Gasteiger charge is 2.50. The summed E-state index contributed by atoms with van der Waals surface area (Å²) in [6.45, 7) is 0.962. The molecule has 2 nitrogen and oxygen atoms in total. The Morgan fingerprint density at radius 2 is 1.59 bits per heavy atom. The van der Waals surface area contributed by atoms with Gasteiger partial charge in [0, 0.05) is 6.54 Å². The number of hydrogen-bond acceptors (Lipinski definition) is 2. The lowest BCUT2D eigenvalue weighted by molar-refractivity contribution is -0.0549. The molecule has 0 aromatic rings. The summed E-state index contributed by atoms with van der Waals surface area (Å²) in [7, 11) is 4.20. The molecule has 4 aliphatic carbocycles. The van der Waals surface area contributed by atoms with Crippen LogP contribution in [0, 0.1) is 46.8 Å². The van der Waals surface area contributed by atoms with Crippen LogP contribution < -0.4 is 0 Å². The van der Waals surface area contributed by atoms with Crippen molar-refractivity contribution < 1.29 is 0 Å². The van der Waals surface area contributed by atoms with Crippen LogP contribution in [-0.4, -0.2) is 25.5 Å². The summed E-state index contributed by atoms with van der Waals surface area (Å²) in [5.74, 6) is 4.81. The van der Waals surface area contributed by atoms with Gasteiger partial charge in [0.25, 0.3) is 0 Å². The van der Waals surface area contributed by atoms with E-state index >= 15 is 0 Å². The Morgan fingerprint density at radius 1 is 1.06 bits per heavy atom. The van der Waals surface area contributed by atoms with Gasteiger partial charge in [-0.25, -0.2) is 0 Å². The van der Waals surface area contributed by atoms with Gasteiger partial charge in [-0.2, -0.15) is 5.26 Å². The average Bonchev–Trinajstić information content (AvgIpc) is 2.25. The van der Waals surface area contributed by atoms with Crippen LogP contribution in [0.2, 0.25) is 0 Å². The van der Waals surface area contributed by atoms with Crippen molar-refractivity contribution >= 4 is 0 Å². The Labute approximate surface area is 105 Å². The summed E-state index contributed by atoms with van der Waals surface area (Å²) in [4.78, 5) is 2.19. The number of nitriles is 1. The fraction of sp³-hybridized carbons (Fsp3) is 0.933. The van der Waals surface area contributed by atoms with E-state index < -0.39 is 0 Å². The van der Waals surface area contributed by atoms with E-state index in [0.29, 0.717) is 0 Å². The monoisotopic (exact) mass is 232 g/mol. The Morgan fingerprint density at radius 3 is 2.00 bits per heavy atom. The molecule has 0 saturated heterocycles. The highest BCUT2D eigenvalue weighted by molar-refractivity contribution is 5.04. The third-order valence-corrected chi connectivity index (χ3v) is 5.49. The summed E-state index contributed by atoms with van der Waals surface area (Å²) in [6.07, 6.45) is 7.24. The van der Waals surface area contributed by atoms with E-state index in [4.69, 9.17) is 0 Å². The van der Waals surface area contributed by atoms with Crippen molar-refractivity contribution in [2.45, 2.75) is 32.1 Å². The molecule has 17 heavy (non-hydrogen) atoms. The quantitative estimate of drug-likeness (QED) is 0.748. The molecule has 2 heteroatoms. The van der Waals surface area contributed by atoms with Gasteiger partial charge in [-0.1, -0.05) is 0 Å². The van der Waals surface area contributed by atoms with Crippen LogP contribution in [0.5, 0.6) is 0 Å². The second-order valence-electron chi connectivity index (χ2n) is 7.01. The van der Waals surface area contributed by atoms with E-state index in [0.717, 1.165) is 36.1 Å². The standard InChI is InChI=1S/C15H24N2/c1-17(2)9-14(8-16)15-12-4-10-3-11(6-12)7-13(15)5-10/h10-15H,3-7,9H2,1-2H3. The van der Waals surface area contributed by atoms with Crippen LogP contribution in [-0.2, 0) is 0 Å². The highest BCUT2D eigenvalue weighted by Crippen LogP contribution is 2.58. The van der Waals surface area contributed by atoms with Crippen molar-refractivity contribution in [1.29, 1.82) is 5.26 Å². The molecule has 1 unspecified atom stereocenters. The molecule has 0 amide bonds. The van der Waals surface area contributed by atoms with Crippen molar-refractivity contribution in [3.05, 3.63) is 0 Å². The van der Waals surface area contributed by atoms with E-state index in [1.54, 1.807) is 0 Å². The van der Waals surface area contributed by atoms with Gasteiger partial charge >= 0.3 is 0 Å². The Balaban J connectivity index is 1.76. The molecule has 0 spiro atoms. The van der Waals surface area contributed by atoms with Crippen LogP contribution >= 0.6 is 0 Å². The van der Waals surface area contributed by atoms with Crippen molar-refractivity contribution in [3.8, 4) is 6.07 Å². The predicted molar refractivity (Wildman–Crippen MR) is 68.2 cm³/mol.